The van der Waals surface area contributed by atoms with Gasteiger partial charge in [0, 0.05) is 18.7 Å². The molecular formula is C14H20NO7P. The van der Waals surface area contributed by atoms with Gasteiger partial charge in [0.25, 0.3) is 0 Å². The molecule has 0 aliphatic carbocycles. The number of hydrogen-bond donors (Lipinski definition) is 4. The Hall–Kier alpha value is -2.05. The summed E-state index contributed by atoms with van der Waals surface area (Å²) in [5.41, 5.74) is -0.416. The summed E-state index contributed by atoms with van der Waals surface area (Å²) in [7, 11) is -1.63. The Labute approximate surface area is 134 Å². The topological polar surface area (TPSA) is 133 Å². The first-order valence-electron chi connectivity index (χ1n) is 6.90. The van der Waals surface area contributed by atoms with E-state index in [4.69, 9.17) is 9.84 Å². The number of carbonyl (C=O) groups is 2. The van der Waals surface area contributed by atoms with E-state index in [0.29, 0.717) is 11.4 Å². The van der Waals surface area contributed by atoms with Crippen molar-refractivity contribution in [2.45, 2.75) is 18.5 Å². The average molecular weight is 345 g/mol. The molecule has 9 heteroatoms. The lowest BCUT2D eigenvalue weighted by atomic mass is 9.99. The Kier molecular flexibility index (Phi) is 7.57. The van der Waals surface area contributed by atoms with Gasteiger partial charge in [-0.15, -0.1) is 0 Å². The summed E-state index contributed by atoms with van der Waals surface area (Å²) >= 11 is 0. The molecule has 0 fully saturated rings. The van der Waals surface area contributed by atoms with E-state index in [-0.39, 0.29) is 19.4 Å². The summed E-state index contributed by atoms with van der Waals surface area (Å²) in [6, 6.07) is 6.77. The number of nitrogens with one attached hydrogen (secondary N) is 1. The van der Waals surface area contributed by atoms with Gasteiger partial charge in [0.05, 0.1) is 18.7 Å². The number of carboxylic acids is 2. The first kappa shape index (κ1) is 19.0. The second kappa shape index (κ2) is 9.17. The summed E-state index contributed by atoms with van der Waals surface area (Å²) in [6.07, 6.45) is -0.568. The maximum absolute atomic E-state index is 11.5. The van der Waals surface area contributed by atoms with Gasteiger partial charge in [-0.3, -0.25) is 14.2 Å². The number of aliphatic carboxylic acids is 2. The van der Waals surface area contributed by atoms with Crippen LogP contribution in [-0.2, 0) is 14.2 Å². The van der Waals surface area contributed by atoms with Crippen molar-refractivity contribution in [1.82, 2.24) is 0 Å². The van der Waals surface area contributed by atoms with Crippen LogP contribution in [0.5, 0.6) is 5.75 Å². The summed E-state index contributed by atoms with van der Waals surface area (Å²) in [6.45, 7) is -0.0444. The Balaban J connectivity index is 2.76. The van der Waals surface area contributed by atoms with E-state index in [1.807, 2.05) is 0 Å². The van der Waals surface area contributed by atoms with Crippen LogP contribution in [0.3, 0.4) is 0 Å². The first-order valence-corrected chi connectivity index (χ1v) is 8.33. The number of methoxy groups -OCH3 is 1. The van der Waals surface area contributed by atoms with E-state index in [0.717, 1.165) is 0 Å². The van der Waals surface area contributed by atoms with Crippen molar-refractivity contribution in [2.75, 3.05) is 19.0 Å². The van der Waals surface area contributed by atoms with Crippen LogP contribution in [0.25, 0.3) is 0 Å². The lowest BCUT2D eigenvalue weighted by Crippen LogP contribution is -2.32. The molecule has 23 heavy (non-hydrogen) atoms. The second-order valence-electron chi connectivity index (χ2n) is 4.93. The lowest BCUT2D eigenvalue weighted by Gasteiger charge is -2.22. The molecule has 1 aromatic rings. The van der Waals surface area contributed by atoms with Crippen LogP contribution in [0.1, 0.15) is 12.8 Å². The van der Waals surface area contributed by atoms with Crippen molar-refractivity contribution in [1.29, 1.82) is 0 Å². The minimum absolute atomic E-state index is 0.0444. The van der Waals surface area contributed by atoms with Gasteiger partial charge in [0.2, 0.25) is 0 Å². The second-order valence-corrected chi connectivity index (χ2v) is 6.35. The quantitative estimate of drug-likeness (QED) is 0.469. The van der Waals surface area contributed by atoms with E-state index < -0.39 is 31.5 Å². The Morgan fingerprint density at radius 3 is 2.30 bits per heavy atom. The number of hydrogen-bond acceptors (Lipinski definition) is 5. The molecule has 4 N–H and O–H groups in total. The van der Waals surface area contributed by atoms with Crippen LogP contribution >= 0.6 is 8.03 Å². The molecule has 0 spiro atoms. The van der Waals surface area contributed by atoms with Gasteiger partial charge in [0.15, 0.2) is 8.03 Å². The molecule has 1 aromatic carbocycles. The van der Waals surface area contributed by atoms with Crippen LogP contribution in [0, 0.1) is 5.92 Å². The highest BCUT2D eigenvalue weighted by atomic mass is 31.1. The monoisotopic (exact) mass is 345 g/mol. The van der Waals surface area contributed by atoms with Gasteiger partial charge >= 0.3 is 11.9 Å². The molecule has 0 amide bonds. The maximum Gasteiger partial charge on any atom is 0.307 e. The predicted octanol–water partition coefficient (Wildman–Crippen LogP) is 1.51. The highest BCUT2D eigenvalue weighted by Gasteiger charge is 2.32. The smallest absolute Gasteiger partial charge is 0.307 e. The van der Waals surface area contributed by atoms with Gasteiger partial charge in [0.1, 0.15) is 5.75 Å². The lowest BCUT2D eigenvalue weighted by molar-refractivity contribution is -0.142. The first-order chi connectivity index (χ1) is 10.8. The van der Waals surface area contributed by atoms with Crippen molar-refractivity contribution in [2.24, 2.45) is 5.92 Å². The zero-order valence-electron chi connectivity index (χ0n) is 12.6. The SMILES string of the molecule is COc1ccc(NCC(C(CCC(=O)O)C(=O)O)[PH](=O)O)cc1. The Bertz CT molecular complexity index is 561. The van der Waals surface area contributed by atoms with Crippen LogP contribution in [0.2, 0.25) is 0 Å². The van der Waals surface area contributed by atoms with E-state index in [9.17, 15) is 24.2 Å². The standard InChI is InChI=1S/C14H20NO7P/c1-22-10-4-2-9(3-5-10)15-8-12(23(20)21)11(14(18)19)6-7-13(16)17/h2-5,11-12,15,23H,6-8H2,1H3,(H,16,17)(H,18,19)(H,20,21). The van der Waals surface area contributed by atoms with Gasteiger partial charge in [-0.25, -0.2) is 0 Å². The normalized spacial score (nSPS) is 14.5. The van der Waals surface area contributed by atoms with Crippen molar-refractivity contribution in [3.63, 3.8) is 0 Å². The maximum atomic E-state index is 11.5. The molecule has 128 valence electrons. The minimum Gasteiger partial charge on any atom is -0.497 e. The van der Waals surface area contributed by atoms with Crippen molar-refractivity contribution in [3.8, 4) is 5.75 Å². The molecule has 0 aliphatic heterocycles. The number of rotatable bonds is 10. The van der Waals surface area contributed by atoms with Crippen LogP contribution in [-0.4, -0.2) is 46.4 Å². The Morgan fingerprint density at radius 1 is 1.26 bits per heavy atom. The number of ether oxygens (including phenoxy) is 1. The molecule has 0 heterocycles. The molecule has 1 rings (SSSR count). The van der Waals surface area contributed by atoms with Crippen LogP contribution in [0.15, 0.2) is 24.3 Å². The molecular weight excluding hydrogens is 325 g/mol. The molecule has 0 saturated carbocycles. The number of anilines is 1. The molecule has 3 atom stereocenters. The molecule has 0 radical (unpaired) electrons. The Morgan fingerprint density at radius 2 is 1.87 bits per heavy atom. The summed E-state index contributed by atoms with van der Waals surface area (Å²) < 4.78 is 16.5. The highest BCUT2D eigenvalue weighted by Crippen LogP contribution is 2.32. The third kappa shape index (κ3) is 6.30. The fraction of sp³-hybridized carbons (Fsp3) is 0.429. The van der Waals surface area contributed by atoms with Crippen LogP contribution < -0.4 is 10.1 Å². The fourth-order valence-corrected chi connectivity index (χ4v) is 3.04. The van der Waals surface area contributed by atoms with Gasteiger partial charge in [-0.1, -0.05) is 0 Å². The van der Waals surface area contributed by atoms with Crippen molar-refractivity contribution in [3.05, 3.63) is 24.3 Å². The minimum atomic E-state index is -3.16. The van der Waals surface area contributed by atoms with E-state index in [1.165, 1.54) is 7.11 Å². The van der Waals surface area contributed by atoms with E-state index in [2.05, 4.69) is 5.32 Å². The summed E-state index contributed by atoms with van der Waals surface area (Å²) in [5.74, 6) is -2.98. The van der Waals surface area contributed by atoms with Crippen molar-refractivity contribution >= 4 is 25.7 Å². The number of benzene rings is 1. The zero-order chi connectivity index (χ0) is 17.4. The number of carboxylic acid groups (broad SMARTS) is 2. The molecule has 0 aromatic heterocycles. The van der Waals surface area contributed by atoms with Gasteiger partial charge in [-0.05, 0) is 30.7 Å². The van der Waals surface area contributed by atoms with Gasteiger partial charge in [-0.2, -0.15) is 0 Å². The van der Waals surface area contributed by atoms with Crippen LogP contribution in [0.4, 0.5) is 5.69 Å². The van der Waals surface area contributed by atoms with Crippen molar-refractivity contribution < 1.29 is 34.0 Å². The molecule has 0 bridgehead atoms. The third-order valence-corrected chi connectivity index (χ3v) is 4.65. The summed E-state index contributed by atoms with van der Waals surface area (Å²) in [5, 5.41) is 20.8. The molecule has 0 aliphatic rings. The van der Waals surface area contributed by atoms with E-state index >= 15 is 0 Å². The molecule has 8 nitrogen and oxygen atoms in total. The average Bonchev–Trinajstić information content (AvgIpc) is 2.50. The molecule has 3 unspecified atom stereocenters. The largest absolute Gasteiger partial charge is 0.497 e. The van der Waals surface area contributed by atoms with Gasteiger partial charge < -0.3 is 25.2 Å². The van der Waals surface area contributed by atoms with E-state index in [1.54, 1.807) is 24.3 Å². The third-order valence-electron chi connectivity index (χ3n) is 3.41. The highest BCUT2D eigenvalue weighted by molar-refractivity contribution is 7.39. The predicted molar refractivity (Wildman–Crippen MR) is 84.5 cm³/mol. The summed E-state index contributed by atoms with van der Waals surface area (Å²) in [4.78, 5) is 31.3. The zero-order valence-corrected chi connectivity index (χ0v) is 13.6. The fourth-order valence-electron chi connectivity index (χ4n) is 2.11. The molecule has 0 saturated heterocycles.